The topological polar surface area (TPSA) is 92.4 Å². The fourth-order valence-corrected chi connectivity index (χ4v) is 1.28. The molecule has 1 aromatic carbocycles. The first-order valence-electron chi connectivity index (χ1n) is 4.50. The third kappa shape index (κ3) is 3.22. The zero-order valence-corrected chi connectivity index (χ0v) is 9.28. The number of nitrogens with two attached hydrogens (primary N) is 1. The Morgan fingerprint density at radius 1 is 1.44 bits per heavy atom. The maximum Gasteiger partial charge on any atom is 0.335 e. The molecule has 0 aliphatic carbocycles. The summed E-state index contributed by atoms with van der Waals surface area (Å²) >= 11 is 5.71. The molecule has 0 saturated heterocycles. The number of hydrogen-bond donors (Lipinski definition) is 3. The van der Waals surface area contributed by atoms with Crippen LogP contribution < -0.4 is 11.1 Å². The van der Waals surface area contributed by atoms with Gasteiger partial charge in [0.05, 0.1) is 11.6 Å². The second-order valence-corrected chi connectivity index (χ2v) is 3.75. The number of aromatic carboxylic acids is 1. The van der Waals surface area contributed by atoms with Gasteiger partial charge in [0.15, 0.2) is 0 Å². The highest BCUT2D eigenvalue weighted by atomic mass is 35.5. The van der Waals surface area contributed by atoms with Crippen molar-refractivity contribution in [2.45, 2.75) is 13.0 Å². The quantitative estimate of drug-likeness (QED) is 0.745. The van der Waals surface area contributed by atoms with Gasteiger partial charge in [-0.25, -0.2) is 4.79 Å². The van der Waals surface area contributed by atoms with Gasteiger partial charge in [0.1, 0.15) is 0 Å². The number of anilines is 1. The van der Waals surface area contributed by atoms with E-state index in [4.69, 9.17) is 22.4 Å². The number of nitrogens with one attached hydrogen (secondary N) is 1. The van der Waals surface area contributed by atoms with Crippen LogP contribution in [0.3, 0.4) is 0 Å². The lowest BCUT2D eigenvalue weighted by atomic mass is 10.2. The van der Waals surface area contributed by atoms with E-state index in [9.17, 15) is 9.59 Å². The molecule has 0 radical (unpaired) electrons. The predicted molar refractivity (Wildman–Crippen MR) is 60.7 cm³/mol. The van der Waals surface area contributed by atoms with E-state index < -0.39 is 17.9 Å². The molecule has 1 rings (SSSR count). The fourth-order valence-electron chi connectivity index (χ4n) is 1.04. The Hall–Kier alpha value is -1.59. The Kier molecular flexibility index (Phi) is 3.87. The largest absolute Gasteiger partial charge is 0.478 e. The molecule has 1 atom stereocenters. The molecule has 4 N–H and O–H groups in total. The molecular formula is C10H11ClN2O3. The number of carboxylic acid groups (broad SMARTS) is 1. The first-order chi connectivity index (χ1) is 7.40. The van der Waals surface area contributed by atoms with E-state index in [-0.39, 0.29) is 10.6 Å². The highest BCUT2D eigenvalue weighted by Crippen LogP contribution is 2.19. The van der Waals surface area contributed by atoms with Crippen molar-refractivity contribution in [3.05, 3.63) is 28.8 Å². The zero-order valence-electron chi connectivity index (χ0n) is 8.53. The lowest BCUT2D eigenvalue weighted by Crippen LogP contribution is -2.32. The molecule has 6 heteroatoms. The summed E-state index contributed by atoms with van der Waals surface area (Å²) in [6.45, 7) is 1.53. The number of carbonyl (C=O) groups excluding carboxylic acids is 1. The number of benzene rings is 1. The molecule has 0 spiro atoms. The second kappa shape index (κ2) is 4.96. The van der Waals surface area contributed by atoms with Crippen molar-refractivity contribution < 1.29 is 14.7 Å². The Labute approximate surface area is 97.2 Å². The minimum Gasteiger partial charge on any atom is -0.478 e. The predicted octanol–water partition coefficient (Wildman–Crippen LogP) is 1.32. The van der Waals surface area contributed by atoms with E-state index >= 15 is 0 Å². The number of hydrogen-bond acceptors (Lipinski definition) is 3. The van der Waals surface area contributed by atoms with Crippen molar-refractivity contribution in [2.24, 2.45) is 5.73 Å². The molecule has 0 unspecified atom stereocenters. The standard InChI is InChI=1S/C10H11ClN2O3/c1-5(12)9(14)13-8-3-6(10(15)16)2-7(11)4-8/h2-5H,12H2,1H3,(H,13,14)(H,15,16)/t5-/m1/s1. The molecule has 5 nitrogen and oxygen atoms in total. The van der Waals surface area contributed by atoms with Crippen molar-refractivity contribution in [1.82, 2.24) is 0 Å². The van der Waals surface area contributed by atoms with Crippen LogP contribution in [0.15, 0.2) is 18.2 Å². The molecule has 0 aromatic heterocycles. The fraction of sp³-hybridized carbons (Fsp3) is 0.200. The molecule has 0 bridgehead atoms. The van der Waals surface area contributed by atoms with E-state index in [1.165, 1.54) is 25.1 Å². The maximum atomic E-state index is 11.3. The van der Waals surface area contributed by atoms with Gasteiger partial charge < -0.3 is 16.2 Å². The summed E-state index contributed by atoms with van der Waals surface area (Å²) in [6.07, 6.45) is 0. The van der Waals surface area contributed by atoms with Gasteiger partial charge in [-0.05, 0) is 25.1 Å². The number of carbonyl (C=O) groups is 2. The van der Waals surface area contributed by atoms with Crippen LogP contribution in [-0.4, -0.2) is 23.0 Å². The van der Waals surface area contributed by atoms with Gasteiger partial charge >= 0.3 is 5.97 Å². The molecular weight excluding hydrogens is 232 g/mol. The Morgan fingerprint density at radius 2 is 2.06 bits per heavy atom. The molecule has 0 fully saturated rings. The lowest BCUT2D eigenvalue weighted by Gasteiger charge is -2.08. The van der Waals surface area contributed by atoms with Crippen LogP contribution in [-0.2, 0) is 4.79 Å². The monoisotopic (exact) mass is 242 g/mol. The minimum atomic E-state index is -1.11. The van der Waals surface area contributed by atoms with Crippen molar-refractivity contribution in [1.29, 1.82) is 0 Å². The first-order valence-corrected chi connectivity index (χ1v) is 4.88. The Morgan fingerprint density at radius 3 is 2.56 bits per heavy atom. The van der Waals surface area contributed by atoms with Gasteiger partial charge in [-0.2, -0.15) is 0 Å². The third-order valence-corrected chi connectivity index (χ3v) is 2.04. The number of carboxylic acids is 1. The summed E-state index contributed by atoms with van der Waals surface area (Å²) in [4.78, 5) is 22.0. The summed E-state index contributed by atoms with van der Waals surface area (Å²) in [5.41, 5.74) is 5.68. The van der Waals surface area contributed by atoms with Crippen molar-refractivity contribution in [3.63, 3.8) is 0 Å². The molecule has 0 aliphatic rings. The van der Waals surface area contributed by atoms with Crippen LogP contribution in [0.1, 0.15) is 17.3 Å². The highest BCUT2D eigenvalue weighted by molar-refractivity contribution is 6.31. The van der Waals surface area contributed by atoms with Gasteiger partial charge in [-0.15, -0.1) is 0 Å². The molecule has 0 aliphatic heterocycles. The van der Waals surface area contributed by atoms with Crippen LogP contribution in [0.4, 0.5) is 5.69 Å². The number of rotatable bonds is 3. The molecule has 86 valence electrons. The first kappa shape index (κ1) is 12.5. The number of amides is 1. The van der Waals surface area contributed by atoms with Gasteiger partial charge in [0.2, 0.25) is 5.91 Å². The summed E-state index contributed by atoms with van der Waals surface area (Å²) in [5, 5.41) is 11.5. The maximum absolute atomic E-state index is 11.3. The minimum absolute atomic E-state index is 0.00692. The van der Waals surface area contributed by atoms with E-state index in [0.29, 0.717) is 5.69 Å². The van der Waals surface area contributed by atoms with E-state index in [0.717, 1.165) is 0 Å². The van der Waals surface area contributed by atoms with Crippen LogP contribution in [0.5, 0.6) is 0 Å². The van der Waals surface area contributed by atoms with Gasteiger partial charge in [0.25, 0.3) is 0 Å². The van der Waals surface area contributed by atoms with Crippen LogP contribution in [0.25, 0.3) is 0 Å². The summed E-state index contributed by atoms with van der Waals surface area (Å²) in [5.74, 6) is -1.52. The van der Waals surface area contributed by atoms with Crippen molar-refractivity contribution >= 4 is 29.2 Å². The van der Waals surface area contributed by atoms with E-state index in [1.54, 1.807) is 0 Å². The normalized spacial score (nSPS) is 11.9. The van der Waals surface area contributed by atoms with Gasteiger partial charge in [0, 0.05) is 10.7 Å². The number of halogens is 1. The molecule has 0 saturated carbocycles. The van der Waals surface area contributed by atoms with Crippen LogP contribution >= 0.6 is 11.6 Å². The summed E-state index contributed by atoms with van der Waals surface area (Å²) in [6, 6.07) is 3.39. The summed E-state index contributed by atoms with van der Waals surface area (Å²) < 4.78 is 0. The van der Waals surface area contributed by atoms with Crippen molar-refractivity contribution in [3.8, 4) is 0 Å². The lowest BCUT2D eigenvalue weighted by molar-refractivity contribution is -0.117. The Balaban J connectivity index is 2.97. The van der Waals surface area contributed by atoms with Crippen LogP contribution in [0, 0.1) is 0 Å². The van der Waals surface area contributed by atoms with Crippen molar-refractivity contribution in [2.75, 3.05) is 5.32 Å². The highest BCUT2D eigenvalue weighted by Gasteiger charge is 2.10. The average molecular weight is 243 g/mol. The molecule has 1 amide bonds. The molecule has 16 heavy (non-hydrogen) atoms. The van der Waals surface area contributed by atoms with E-state index in [2.05, 4.69) is 5.32 Å². The smallest absolute Gasteiger partial charge is 0.335 e. The van der Waals surface area contributed by atoms with E-state index in [1.807, 2.05) is 0 Å². The molecule has 1 aromatic rings. The van der Waals surface area contributed by atoms with Crippen LogP contribution in [0.2, 0.25) is 5.02 Å². The Bertz CT molecular complexity index is 432. The molecule has 0 heterocycles. The SMILES string of the molecule is C[C@@H](N)C(=O)Nc1cc(Cl)cc(C(=O)O)c1. The second-order valence-electron chi connectivity index (χ2n) is 3.31. The zero-order chi connectivity index (χ0) is 12.3. The average Bonchev–Trinajstić information content (AvgIpc) is 2.16. The van der Waals surface area contributed by atoms with Gasteiger partial charge in [-0.1, -0.05) is 11.6 Å². The summed E-state index contributed by atoms with van der Waals surface area (Å²) in [7, 11) is 0. The third-order valence-electron chi connectivity index (χ3n) is 1.83. The van der Waals surface area contributed by atoms with Gasteiger partial charge in [-0.3, -0.25) is 4.79 Å².